The summed E-state index contributed by atoms with van der Waals surface area (Å²) in [4.78, 5) is 34.3. The number of hydrogen-bond acceptors (Lipinski definition) is 6. The zero-order valence-corrected chi connectivity index (χ0v) is 15.1. The number of unbranched alkanes of at least 4 members (excludes halogenated alkanes) is 1. The van der Waals surface area contributed by atoms with Crippen LogP contribution in [0.25, 0.3) is 0 Å². The van der Waals surface area contributed by atoms with Crippen LogP contribution in [0, 0.1) is 0 Å². The molecule has 7 N–H and O–H groups in total. The third-order valence-electron chi connectivity index (χ3n) is 3.87. The molecule has 0 saturated heterocycles. The fraction of sp³-hybridized carbons (Fsp3) is 0.500. The molecule has 2 amide bonds. The Labute approximate surface area is 157 Å². The van der Waals surface area contributed by atoms with Gasteiger partial charge in [-0.25, -0.2) is 0 Å². The van der Waals surface area contributed by atoms with Crippen LogP contribution in [0.4, 0.5) is 0 Å². The van der Waals surface area contributed by atoms with Crippen molar-refractivity contribution < 1.29 is 29.7 Å². The van der Waals surface area contributed by atoms with Gasteiger partial charge in [-0.15, -0.1) is 0 Å². The largest absolute Gasteiger partial charge is 0.508 e. The molecule has 1 rings (SSSR count). The second-order valence-corrected chi connectivity index (χ2v) is 6.24. The molecule has 0 saturated carbocycles. The van der Waals surface area contributed by atoms with Crippen LogP contribution in [0.2, 0.25) is 0 Å². The van der Waals surface area contributed by atoms with E-state index in [-0.39, 0.29) is 49.1 Å². The van der Waals surface area contributed by atoms with Gasteiger partial charge in [0, 0.05) is 31.1 Å². The number of phenols is 2. The highest BCUT2D eigenvalue weighted by Crippen LogP contribution is 2.22. The maximum atomic E-state index is 11.9. The molecule has 1 aromatic rings. The number of benzene rings is 1. The van der Waals surface area contributed by atoms with Gasteiger partial charge >= 0.3 is 5.97 Å². The highest BCUT2D eigenvalue weighted by atomic mass is 16.4. The van der Waals surface area contributed by atoms with E-state index in [1.807, 2.05) is 0 Å². The number of carboxylic acids is 1. The van der Waals surface area contributed by atoms with Crippen LogP contribution in [-0.2, 0) is 20.8 Å². The highest BCUT2D eigenvalue weighted by Gasteiger charge is 2.15. The first-order valence-electron chi connectivity index (χ1n) is 8.80. The molecule has 0 radical (unpaired) electrons. The molecule has 0 aromatic heterocycles. The second kappa shape index (κ2) is 11.7. The molecule has 1 atom stereocenters. The highest BCUT2D eigenvalue weighted by molar-refractivity contribution is 5.79. The number of amides is 2. The minimum Gasteiger partial charge on any atom is -0.508 e. The lowest BCUT2D eigenvalue weighted by Gasteiger charge is -2.16. The Morgan fingerprint density at radius 1 is 1.11 bits per heavy atom. The zero-order valence-electron chi connectivity index (χ0n) is 15.1. The summed E-state index contributed by atoms with van der Waals surface area (Å²) < 4.78 is 0. The number of hydrogen-bond donors (Lipinski definition) is 6. The Bertz CT molecular complexity index is 650. The van der Waals surface area contributed by atoms with E-state index < -0.39 is 12.0 Å². The molecule has 0 fully saturated rings. The van der Waals surface area contributed by atoms with Crippen LogP contribution in [0.1, 0.15) is 37.7 Å². The number of carboxylic acid groups (broad SMARTS) is 1. The van der Waals surface area contributed by atoms with Gasteiger partial charge in [-0.3, -0.25) is 14.4 Å². The number of nitrogens with two attached hydrogens (primary N) is 1. The van der Waals surface area contributed by atoms with Gasteiger partial charge in [0.2, 0.25) is 11.8 Å². The van der Waals surface area contributed by atoms with Gasteiger partial charge in [-0.05, 0) is 37.5 Å². The normalized spacial score (nSPS) is 11.6. The number of carbonyl (C=O) groups excluding carboxylic acids is 2. The number of phenolic OH excluding ortho intramolecular Hbond substituents is 2. The molecule has 0 spiro atoms. The lowest BCUT2D eigenvalue weighted by atomic mass is 10.1. The van der Waals surface area contributed by atoms with Crippen molar-refractivity contribution in [2.75, 3.05) is 13.1 Å². The van der Waals surface area contributed by atoms with Crippen LogP contribution < -0.4 is 16.4 Å². The van der Waals surface area contributed by atoms with E-state index >= 15 is 0 Å². The van der Waals surface area contributed by atoms with Crippen molar-refractivity contribution in [1.82, 2.24) is 10.6 Å². The Morgan fingerprint density at radius 2 is 1.85 bits per heavy atom. The van der Waals surface area contributed by atoms with E-state index in [4.69, 9.17) is 10.8 Å². The van der Waals surface area contributed by atoms with E-state index in [2.05, 4.69) is 10.6 Å². The molecular formula is C18H27N3O6. The van der Waals surface area contributed by atoms with Gasteiger partial charge in [-0.2, -0.15) is 0 Å². The topological polar surface area (TPSA) is 162 Å². The van der Waals surface area contributed by atoms with Crippen molar-refractivity contribution in [2.45, 2.75) is 44.6 Å². The van der Waals surface area contributed by atoms with Crippen molar-refractivity contribution in [3.05, 3.63) is 23.8 Å². The number of nitrogens with one attached hydrogen (secondary N) is 2. The van der Waals surface area contributed by atoms with Crippen LogP contribution in [0.3, 0.4) is 0 Å². The smallest absolute Gasteiger partial charge is 0.305 e. The van der Waals surface area contributed by atoms with Gasteiger partial charge in [-0.1, -0.05) is 0 Å². The molecule has 9 heteroatoms. The van der Waals surface area contributed by atoms with E-state index in [1.54, 1.807) is 0 Å². The van der Waals surface area contributed by atoms with Gasteiger partial charge in [0.1, 0.15) is 11.5 Å². The van der Waals surface area contributed by atoms with Crippen LogP contribution in [-0.4, -0.2) is 52.2 Å². The summed E-state index contributed by atoms with van der Waals surface area (Å²) in [5.74, 6) is -1.66. The Morgan fingerprint density at radius 3 is 2.52 bits per heavy atom. The summed E-state index contributed by atoms with van der Waals surface area (Å²) >= 11 is 0. The summed E-state index contributed by atoms with van der Waals surface area (Å²) in [5.41, 5.74) is 5.63. The van der Waals surface area contributed by atoms with Crippen molar-refractivity contribution in [3.8, 4) is 11.5 Å². The van der Waals surface area contributed by atoms with Crippen molar-refractivity contribution in [3.63, 3.8) is 0 Å². The molecule has 0 aliphatic rings. The van der Waals surface area contributed by atoms with Crippen molar-refractivity contribution in [1.29, 1.82) is 0 Å². The van der Waals surface area contributed by atoms with Gasteiger partial charge < -0.3 is 31.7 Å². The lowest BCUT2D eigenvalue weighted by Crippen LogP contribution is -2.37. The third-order valence-corrected chi connectivity index (χ3v) is 3.87. The van der Waals surface area contributed by atoms with E-state index in [0.717, 1.165) is 0 Å². The predicted octanol–water partition coefficient (Wildman–Crippen LogP) is 0.235. The minimum atomic E-state index is -0.993. The molecule has 0 heterocycles. The number of aliphatic carboxylic acids is 1. The molecule has 1 unspecified atom stereocenters. The summed E-state index contributed by atoms with van der Waals surface area (Å²) in [5, 5.41) is 33.3. The molecular weight excluding hydrogens is 354 g/mol. The van der Waals surface area contributed by atoms with Gasteiger partial charge in [0.25, 0.3) is 0 Å². The second-order valence-electron chi connectivity index (χ2n) is 6.24. The Hall–Kier alpha value is -2.81. The third kappa shape index (κ3) is 9.45. The van der Waals surface area contributed by atoms with Crippen molar-refractivity contribution in [2.24, 2.45) is 5.73 Å². The maximum absolute atomic E-state index is 11.9. The van der Waals surface area contributed by atoms with Crippen LogP contribution >= 0.6 is 0 Å². The number of rotatable bonds is 12. The van der Waals surface area contributed by atoms with E-state index in [9.17, 15) is 24.6 Å². The Balaban J connectivity index is 2.32. The summed E-state index contributed by atoms with van der Waals surface area (Å²) in [6.45, 7) is 0.585. The van der Waals surface area contributed by atoms with Crippen LogP contribution in [0.15, 0.2) is 18.2 Å². The first-order valence-corrected chi connectivity index (χ1v) is 8.80. The first-order chi connectivity index (χ1) is 12.8. The molecule has 0 aliphatic carbocycles. The molecule has 0 aliphatic heterocycles. The first kappa shape index (κ1) is 22.2. The average Bonchev–Trinajstić information content (AvgIpc) is 2.57. The monoisotopic (exact) mass is 381 g/mol. The van der Waals surface area contributed by atoms with E-state index in [0.29, 0.717) is 31.4 Å². The average molecular weight is 381 g/mol. The Kier molecular flexibility index (Phi) is 9.66. The van der Waals surface area contributed by atoms with Gasteiger partial charge in [0.15, 0.2) is 0 Å². The maximum Gasteiger partial charge on any atom is 0.305 e. The zero-order chi connectivity index (χ0) is 20.2. The molecule has 0 bridgehead atoms. The minimum absolute atomic E-state index is 0.0308. The fourth-order valence-corrected chi connectivity index (χ4v) is 2.56. The number of aromatic hydroxyl groups is 2. The van der Waals surface area contributed by atoms with Crippen LogP contribution in [0.5, 0.6) is 11.5 Å². The number of carbonyl (C=O) groups is 3. The molecule has 27 heavy (non-hydrogen) atoms. The SMILES string of the molecule is NCCC(=O)NC(CCCCNC(=O)Cc1cc(O)ccc1O)CC(=O)O. The van der Waals surface area contributed by atoms with E-state index in [1.165, 1.54) is 18.2 Å². The lowest BCUT2D eigenvalue weighted by molar-refractivity contribution is -0.137. The van der Waals surface area contributed by atoms with Crippen molar-refractivity contribution >= 4 is 17.8 Å². The standard InChI is InChI=1S/C18H27N3O6/c19-7-6-16(24)21-13(11-18(26)27)3-1-2-8-20-17(25)10-12-9-14(22)4-5-15(12)23/h4-5,9,13,22-23H,1-3,6-8,10-11,19H2,(H,20,25)(H,21,24)(H,26,27). The van der Waals surface area contributed by atoms with Gasteiger partial charge in [0.05, 0.1) is 12.8 Å². The molecule has 150 valence electrons. The molecule has 1 aromatic carbocycles. The summed E-state index contributed by atoms with van der Waals surface area (Å²) in [6.07, 6.45) is 1.63. The predicted molar refractivity (Wildman–Crippen MR) is 98.2 cm³/mol. The molecule has 9 nitrogen and oxygen atoms in total. The fourth-order valence-electron chi connectivity index (χ4n) is 2.56. The summed E-state index contributed by atoms with van der Waals surface area (Å²) in [7, 11) is 0. The quantitative estimate of drug-likeness (QED) is 0.223. The summed E-state index contributed by atoms with van der Waals surface area (Å²) in [6, 6.07) is 3.51.